The number of hydrogen-bond acceptors (Lipinski definition) is 10. The van der Waals surface area contributed by atoms with E-state index in [1.165, 1.54) is 45.8 Å². The maximum atomic E-state index is 12.9. The Morgan fingerprint density at radius 3 is 2.82 bits per heavy atom. The lowest BCUT2D eigenvalue weighted by Gasteiger charge is -2.49. The number of carboxylic acids is 1. The van der Waals surface area contributed by atoms with E-state index in [1.54, 1.807) is 24.3 Å². The minimum atomic E-state index is -1.18. The van der Waals surface area contributed by atoms with Crippen LogP contribution in [0.25, 0.3) is 0 Å². The average Bonchev–Trinajstić information content (AvgIpc) is 3.53. The number of aromatic nitrogens is 2. The highest BCUT2D eigenvalue weighted by Gasteiger charge is 2.54. The molecule has 38 heavy (non-hydrogen) atoms. The van der Waals surface area contributed by atoms with Gasteiger partial charge in [0.2, 0.25) is 0 Å². The van der Waals surface area contributed by atoms with Gasteiger partial charge in [-0.05, 0) is 55.3 Å². The van der Waals surface area contributed by atoms with Gasteiger partial charge in [-0.15, -0.1) is 22.0 Å². The van der Waals surface area contributed by atoms with Crippen LogP contribution in [0.1, 0.15) is 26.9 Å². The molecule has 1 fully saturated rings. The zero-order chi connectivity index (χ0) is 27.0. The van der Waals surface area contributed by atoms with Gasteiger partial charge in [0.1, 0.15) is 40.2 Å². The summed E-state index contributed by atoms with van der Waals surface area (Å²) in [6, 6.07) is 7.53. The van der Waals surface area contributed by atoms with Crippen LogP contribution in [-0.2, 0) is 16.2 Å². The normalized spacial score (nSPS) is 18.7. The Balaban J connectivity index is 1.20. The van der Waals surface area contributed by atoms with Gasteiger partial charge in [-0.25, -0.2) is 4.79 Å². The number of aryl methyl sites for hydroxylation is 2. The summed E-state index contributed by atoms with van der Waals surface area (Å²) in [5.74, 6) is -0.317. The fourth-order valence-corrected chi connectivity index (χ4v) is 7.52. The van der Waals surface area contributed by atoms with E-state index >= 15 is 0 Å². The molecule has 5 rings (SSSR count). The van der Waals surface area contributed by atoms with E-state index in [1.807, 2.05) is 13.8 Å². The molecule has 2 aromatic heterocycles. The van der Waals surface area contributed by atoms with E-state index in [0.717, 1.165) is 14.9 Å². The first kappa shape index (κ1) is 26.6. The first-order valence-electron chi connectivity index (χ1n) is 11.3. The van der Waals surface area contributed by atoms with Crippen LogP contribution in [0, 0.1) is 13.8 Å². The fraction of sp³-hybridized carbons (Fsp3) is 0.292. The standard InChI is InChI=1S/C24H21ClN4O6S3/c1-11-7-14(25)3-5-16(11)34-8-15-4-6-17(35-15)20(30)26-18-21(31)29-19(23(32)33)13(9-36-22(18)29)10-37-24-28-27-12(2)38-24/h3-7,18,22H,8-10H2,1-2H3,(H,26,30)(H,32,33). The van der Waals surface area contributed by atoms with E-state index < -0.39 is 29.2 Å². The van der Waals surface area contributed by atoms with Gasteiger partial charge in [-0.3, -0.25) is 14.5 Å². The van der Waals surface area contributed by atoms with Gasteiger partial charge < -0.3 is 19.6 Å². The van der Waals surface area contributed by atoms with Gasteiger partial charge in [-0.2, -0.15) is 0 Å². The van der Waals surface area contributed by atoms with E-state index in [0.29, 0.717) is 33.6 Å². The highest BCUT2D eigenvalue weighted by molar-refractivity contribution is 8.01. The van der Waals surface area contributed by atoms with E-state index in [-0.39, 0.29) is 18.1 Å². The summed E-state index contributed by atoms with van der Waals surface area (Å²) in [5.41, 5.74) is 1.46. The Kier molecular flexibility index (Phi) is 7.70. The summed E-state index contributed by atoms with van der Waals surface area (Å²) in [4.78, 5) is 39.0. The molecule has 1 aromatic carbocycles. The third kappa shape index (κ3) is 5.41. The maximum absolute atomic E-state index is 12.9. The second-order valence-corrected chi connectivity index (χ2v) is 12.4. The minimum absolute atomic E-state index is 0.0296. The number of hydrogen-bond donors (Lipinski definition) is 2. The molecule has 1 saturated heterocycles. The highest BCUT2D eigenvalue weighted by atomic mass is 35.5. The number of fused-ring (bicyclic) bond motifs is 1. The first-order valence-corrected chi connectivity index (χ1v) is 14.6. The molecule has 2 N–H and O–H groups in total. The number of nitrogens with zero attached hydrogens (tertiary/aromatic N) is 3. The number of β-lactam (4-membered cyclic amide) rings is 1. The quantitative estimate of drug-likeness (QED) is 0.276. The number of rotatable bonds is 9. The molecule has 0 radical (unpaired) electrons. The highest BCUT2D eigenvalue weighted by Crippen LogP contribution is 2.42. The van der Waals surface area contributed by atoms with Crippen LogP contribution in [0.3, 0.4) is 0 Å². The minimum Gasteiger partial charge on any atom is -0.485 e. The van der Waals surface area contributed by atoms with Crippen LogP contribution in [0.5, 0.6) is 5.75 Å². The predicted octanol–water partition coefficient (Wildman–Crippen LogP) is 4.12. The molecule has 2 aliphatic rings. The number of aliphatic carboxylic acids is 1. The zero-order valence-electron chi connectivity index (χ0n) is 20.1. The van der Waals surface area contributed by atoms with Crippen LogP contribution >= 0.6 is 46.5 Å². The van der Waals surface area contributed by atoms with Gasteiger partial charge >= 0.3 is 5.97 Å². The molecule has 0 aliphatic carbocycles. The van der Waals surface area contributed by atoms with Crippen molar-refractivity contribution in [3.8, 4) is 5.75 Å². The van der Waals surface area contributed by atoms with Crippen LogP contribution in [0.15, 0.2) is 50.4 Å². The number of halogens is 1. The van der Waals surface area contributed by atoms with Crippen LogP contribution in [0.4, 0.5) is 0 Å². The molecule has 0 saturated carbocycles. The van der Waals surface area contributed by atoms with Crippen molar-refractivity contribution in [2.45, 2.75) is 36.2 Å². The number of ether oxygens (including phenoxy) is 1. The third-order valence-electron chi connectivity index (χ3n) is 5.81. The zero-order valence-corrected chi connectivity index (χ0v) is 23.3. The summed E-state index contributed by atoms with van der Waals surface area (Å²) < 4.78 is 12.1. The molecular weight excluding hydrogens is 572 g/mol. The molecular formula is C24H21ClN4O6S3. The van der Waals surface area contributed by atoms with E-state index in [2.05, 4.69) is 15.5 Å². The molecule has 2 unspecified atom stereocenters. The van der Waals surface area contributed by atoms with Crippen LogP contribution in [0.2, 0.25) is 5.02 Å². The predicted molar refractivity (Wildman–Crippen MR) is 144 cm³/mol. The van der Waals surface area contributed by atoms with Crippen molar-refractivity contribution in [1.29, 1.82) is 0 Å². The molecule has 14 heteroatoms. The lowest BCUT2D eigenvalue weighted by atomic mass is 10.0. The Morgan fingerprint density at radius 2 is 2.11 bits per heavy atom. The summed E-state index contributed by atoms with van der Waals surface area (Å²) in [6.45, 7) is 3.82. The van der Waals surface area contributed by atoms with Gasteiger partial charge in [0.15, 0.2) is 10.1 Å². The van der Waals surface area contributed by atoms with Gasteiger partial charge in [0, 0.05) is 16.5 Å². The van der Waals surface area contributed by atoms with Crippen molar-refractivity contribution >= 4 is 64.2 Å². The SMILES string of the molecule is Cc1nnc(SCC2=C(C(=O)O)N3C(=O)C(NC(=O)c4ccc(COc5ccc(Cl)cc5C)o4)C3SC2)s1. The van der Waals surface area contributed by atoms with Gasteiger partial charge in [-0.1, -0.05) is 34.7 Å². The summed E-state index contributed by atoms with van der Waals surface area (Å²) in [5, 5.41) is 21.5. The summed E-state index contributed by atoms with van der Waals surface area (Å²) >= 11 is 10.2. The molecule has 2 aliphatic heterocycles. The Labute approximate surface area is 234 Å². The third-order valence-corrected chi connectivity index (χ3v) is 9.44. The summed E-state index contributed by atoms with van der Waals surface area (Å²) in [7, 11) is 0. The van der Waals surface area contributed by atoms with E-state index in [4.69, 9.17) is 20.8 Å². The number of thioether (sulfide) groups is 2. The van der Waals surface area contributed by atoms with E-state index in [9.17, 15) is 19.5 Å². The maximum Gasteiger partial charge on any atom is 0.352 e. The molecule has 3 aromatic rings. The monoisotopic (exact) mass is 592 g/mol. The molecule has 10 nitrogen and oxygen atoms in total. The molecule has 2 amide bonds. The molecule has 0 spiro atoms. The molecule has 0 bridgehead atoms. The number of carboxylic acid groups (broad SMARTS) is 1. The fourth-order valence-electron chi connectivity index (χ4n) is 3.99. The molecule has 2 atom stereocenters. The van der Waals surface area contributed by atoms with Crippen molar-refractivity contribution in [2.75, 3.05) is 11.5 Å². The van der Waals surface area contributed by atoms with Gasteiger partial charge in [0.25, 0.3) is 11.8 Å². The van der Waals surface area contributed by atoms with Crippen molar-refractivity contribution in [3.05, 3.63) is 68.7 Å². The lowest BCUT2D eigenvalue weighted by molar-refractivity contribution is -0.148. The first-order chi connectivity index (χ1) is 18.2. The lowest BCUT2D eigenvalue weighted by Crippen LogP contribution is -2.70. The topological polar surface area (TPSA) is 135 Å². The molecule has 198 valence electrons. The second kappa shape index (κ2) is 11.0. The van der Waals surface area contributed by atoms with Crippen LogP contribution in [-0.4, -0.2) is 60.9 Å². The van der Waals surface area contributed by atoms with Crippen LogP contribution < -0.4 is 10.1 Å². The van der Waals surface area contributed by atoms with Gasteiger partial charge in [0.05, 0.1) is 0 Å². The van der Waals surface area contributed by atoms with Crippen molar-refractivity contribution < 1.29 is 28.6 Å². The number of carbonyl (C=O) groups excluding carboxylic acids is 2. The Bertz CT molecular complexity index is 1450. The van der Waals surface area contributed by atoms with Crippen molar-refractivity contribution in [2.24, 2.45) is 0 Å². The Hall–Kier alpha value is -3.00. The largest absolute Gasteiger partial charge is 0.485 e. The second-order valence-electron chi connectivity index (χ2n) is 8.46. The number of amides is 2. The number of carbonyl (C=O) groups is 3. The average molecular weight is 593 g/mol. The Morgan fingerprint density at radius 1 is 1.29 bits per heavy atom. The van der Waals surface area contributed by atoms with Crippen molar-refractivity contribution in [3.63, 3.8) is 0 Å². The van der Waals surface area contributed by atoms with Crippen molar-refractivity contribution in [1.82, 2.24) is 20.4 Å². The smallest absolute Gasteiger partial charge is 0.352 e. The number of benzene rings is 1. The number of furan rings is 1. The molecule has 4 heterocycles. The number of nitrogens with one attached hydrogen (secondary N) is 1. The summed E-state index contributed by atoms with van der Waals surface area (Å²) in [6.07, 6.45) is 0.